The van der Waals surface area contributed by atoms with Crippen LogP contribution in [0.5, 0.6) is 0 Å². The van der Waals surface area contributed by atoms with E-state index in [4.69, 9.17) is 16.3 Å². The summed E-state index contributed by atoms with van der Waals surface area (Å²) in [5.74, 6) is -0.531. The van der Waals surface area contributed by atoms with Crippen molar-refractivity contribution in [3.05, 3.63) is 59.4 Å². The lowest BCUT2D eigenvalue weighted by Crippen LogP contribution is -2.51. The Kier molecular flexibility index (Phi) is 8.44. The van der Waals surface area contributed by atoms with Crippen molar-refractivity contribution in [2.24, 2.45) is 0 Å². The molecule has 4 N–H and O–H groups in total. The molecule has 0 spiro atoms. The van der Waals surface area contributed by atoms with Crippen LogP contribution in [-0.4, -0.2) is 51.0 Å². The minimum absolute atomic E-state index is 0.0615. The first-order valence-corrected chi connectivity index (χ1v) is 12.0. The van der Waals surface area contributed by atoms with Gasteiger partial charge in [-0.15, -0.1) is 0 Å². The molecule has 2 amide bonds. The number of halogens is 2. The number of hydrogen-bond acceptors (Lipinski definition) is 5. The highest BCUT2D eigenvalue weighted by molar-refractivity contribution is 7.89. The van der Waals surface area contributed by atoms with Crippen molar-refractivity contribution < 1.29 is 27.4 Å². The van der Waals surface area contributed by atoms with Gasteiger partial charge in [0, 0.05) is 17.3 Å². The Labute approximate surface area is 191 Å². The highest BCUT2D eigenvalue weighted by Gasteiger charge is 2.33. The number of hydrogen-bond donors (Lipinski definition) is 4. The van der Waals surface area contributed by atoms with E-state index in [2.05, 4.69) is 15.4 Å². The molecule has 174 valence electrons. The number of aliphatic hydroxyl groups is 1. The molecule has 1 saturated heterocycles. The molecule has 1 aliphatic rings. The highest BCUT2D eigenvalue weighted by atomic mass is 35.5. The lowest BCUT2D eigenvalue weighted by atomic mass is 9.98. The van der Waals surface area contributed by atoms with Crippen molar-refractivity contribution in [1.29, 1.82) is 0 Å². The van der Waals surface area contributed by atoms with E-state index in [0.717, 1.165) is 12.1 Å². The topological polar surface area (TPSA) is 117 Å². The first-order chi connectivity index (χ1) is 15.3. The fraction of sp³-hybridized carbons (Fsp3) is 0.381. The molecule has 1 heterocycles. The van der Waals surface area contributed by atoms with Crippen LogP contribution >= 0.6 is 11.6 Å². The maximum Gasteiger partial charge on any atom is 0.319 e. The summed E-state index contributed by atoms with van der Waals surface area (Å²) in [4.78, 5) is 11.9. The van der Waals surface area contributed by atoms with Crippen molar-refractivity contribution in [2.75, 3.05) is 18.5 Å². The third-order valence-electron chi connectivity index (χ3n) is 5.08. The lowest BCUT2D eigenvalue weighted by molar-refractivity contribution is -0.0871. The molecule has 8 nitrogen and oxygen atoms in total. The molecule has 11 heteroatoms. The molecule has 1 fully saturated rings. The van der Waals surface area contributed by atoms with Crippen LogP contribution in [0.15, 0.2) is 53.4 Å². The summed E-state index contributed by atoms with van der Waals surface area (Å²) in [6, 6.07) is 10.2. The molecule has 0 aromatic heterocycles. The van der Waals surface area contributed by atoms with Gasteiger partial charge in [0.25, 0.3) is 0 Å². The number of sulfonamides is 1. The van der Waals surface area contributed by atoms with Gasteiger partial charge in [0.2, 0.25) is 10.0 Å². The normalized spacial score (nSPS) is 21.2. The van der Waals surface area contributed by atoms with E-state index >= 15 is 0 Å². The predicted octanol–water partition coefficient (Wildman–Crippen LogP) is 2.88. The van der Waals surface area contributed by atoms with Crippen LogP contribution in [0.3, 0.4) is 0 Å². The zero-order chi connectivity index (χ0) is 23.1. The zero-order valence-corrected chi connectivity index (χ0v) is 18.7. The van der Waals surface area contributed by atoms with Crippen LogP contribution in [0.2, 0.25) is 5.02 Å². The lowest BCUT2D eigenvalue weighted by Gasteiger charge is -2.36. The molecule has 1 aliphatic heterocycles. The summed E-state index contributed by atoms with van der Waals surface area (Å²) < 4.78 is 46.5. The number of aliphatic hydroxyl groups excluding tert-OH is 1. The second kappa shape index (κ2) is 11.1. The fourth-order valence-electron chi connectivity index (χ4n) is 3.42. The Morgan fingerprint density at radius 3 is 2.47 bits per heavy atom. The zero-order valence-electron chi connectivity index (χ0n) is 17.1. The van der Waals surface area contributed by atoms with Gasteiger partial charge in [0.05, 0.1) is 29.8 Å². The Morgan fingerprint density at radius 1 is 1.12 bits per heavy atom. The van der Waals surface area contributed by atoms with Crippen molar-refractivity contribution in [3.63, 3.8) is 0 Å². The van der Waals surface area contributed by atoms with Crippen LogP contribution in [0.1, 0.15) is 19.3 Å². The van der Waals surface area contributed by atoms with E-state index in [1.165, 1.54) is 12.1 Å². The van der Waals surface area contributed by atoms with Crippen molar-refractivity contribution in [3.8, 4) is 0 Å². The molecule has 0 bridgehead atoms. The minimum atomic E-state index is -3.88. The largest absolute Gasteiger partial charge is 0.394 e. The van der Waals surface area contributed by atoms with Gasteiger partial charge in [-0.25, -0.2) is 22.3 Å². The first kappa shape index (κ1) is 24.4. The van der Waals surface area contributed by atoms with Gasteiger partial charge < -0.3 is 20.5 Å². The second-order valence-corrected chi connectivity index (χ2v) is 9.57. The molecular weight excluding hydrogens is 461 g/mol. The maximum atomic E-state index is 13.1. The molecule has 0 radical (unpaired) electrons. The molecule has 0 aliphatic carbocycles. The van der Waals surface area contributed by atoms with Crippen molar-refractivity contribution >= 4 is 33.3 Å². The molecule has 0 saturated carbocycles. The van der Waals surface area contributed by atoms with Gasteiger partial charge in [-0.05, 0) is 67.8 Å². The number of carbonyl (C=O) groups excluding carboxylic acids is 1. The summed E-state index contributed by atoms with van der Waals surface area (Å²) >= 11 is 5.81. The molecular formula is C21H25ClFN3O5S. The summed E-state index contributed by atoms with van der Waals surface area (Å²) in [5, 5.41) is 15.7. The van der Waals surface area contributed by atoms with Crippen molar-refractivity contribution in [2.45, 2.75) is 42.4 Å². The highest BCUT2D eigenvalue weighted by Crippen LogP contribution is 2.23. The molecule has 3 atom stereocenters. The molecule has 2 aromatic rings. The van der Waals surface area contributed by atoms with Gasteiger partial charge >= 0.3 is 6.03 Å². The van der Waals surface area contributed by atoms with E-state index in [-0.39, 0.29) is 23.6 Å². The van der Waals surface area contributed by atoms with Gasteiger partial charge in [-0.3, -0.25) is 0 Å². The fourth-order valence-corrected chi connectivity index (χ4v) is 4.84. The summed E-state index contributed by atoms with van der Waals surface area (Å²) in [6.07, 6.45) is 0.532. The van der Waals surface area contributed by atoms with E-state index in [1.54, 1.807) is 24.3 Å². The predicted molar refractivity (Wildman–Crippen MR) is 119 cm³/mol. The monoisotopic (exact) mass is 485 g/mol. The van der Waals surface area contributed by atoms with E-state index < -0.39 is 28.0 Å². The van der Waals surface area contributed by atoms with Crippen LogP contribution in [0.25, 0.3) is 0 Å². The van der Waals surface area contributed by atoms with E-state index in [1.807, 2.05) is 0 Å². The average molecular weight is 486 g/mol. The Balaban J connectivity index is 1.46. The number of rotatable bonds is 8. The van der Waals surface area contributed by atoms with Gasteiger partial charge in [0.1, 0.15) is 5.82 Å². The number of nitrogens with one attached hydrogen (secondary N) is 3. The van der Waals surface area contributed by atoms with Crippen LogP contribution in [0, 0.1) is 5.82 Å². The molecule has 0 unspecified atom stereocenters. The molecule has 32 heavy (non-hydrogen) atoms. The third kappa shape index (κ3) is 6.88. The van der Waals surface area contributed by atoms with Crippen molar-refractivity contribution in [1.82, 2.24) is 10.0 Å². The van der Waals surface area contributed by atoms with E-state index in [9.17, 15) is 22.7 Å². The number of anilines is 1. The number of benzene rings is 2. The Bertz CT molecular complexity index is 1010. The van der Waals surface area contributed by atoms with Crippen LogP contribution in [0.4, 0.5) is 14.9 Å². The van der Waals surface area contributed by atoms with Crippen LogP contribution < -0.4 is 15.4 Å². The standard InChI is InChI=1S/C21H25ClFN3O5S/c22-14-1-5-16(6-2-14)25-21(28)24-12-11-17-7-10-19(20(13-27)31-17)26-32(29,30)18-8-3-15(23)4-9-18/h1-6,8-9,17,19-20,26-27H,7,10-13H2,(H2,24,25,28)/t17-,19+,20+/m1/s1. The van der Waals surface area contributed by atoms with Crippen LogP contribution in [-0.2, 0) is 14.8 Å². The van der Waals surface area contributed by atoms with Gasteiger partial charge in [-0.2, -0.15) is 0 Å². The minimum Gasteiger partial charge on any atom is -0.394 e. The SMILES string of the molecule is O=C(NCC[C@H]1CC[C@H](NS(=O)(=O)c2ccc(F)cc2)[C@H](CO)O1)Nc1ccc(Cl)cc1. The summed E-state index contributed by atoms with van der Waals surface area (Å²) in [5.41, 5.74) is 0.609. The molecule has 3 rings (SSSR count). The smallest absolute Gasteiger partial charge is 0.319 e. The van der Waals surface area contributed by atoms with Gasteiger partial charge in [-0.1, -0.05) is 11.6 Å². The average Bonchev–Trinajstić information content (AvgIpc) is 2.76. The first-order valence-electron chi connectivity index (χ1n) is 10.1. The Hall–Kier alpha value is -2.24. The second-order valence-electron chi connectivity index (χ2n) is 7.41. The number of amides is 2. The van der Waals surface area contributed by atoms with Gasteiger partial charge in [0.15, 0.2) is 0 Å². The molecule has 2 aromatic carbocycles. The third-order valence-corrected chi connectivity index (χ3v) is 6.84. The Morgan fingerprint density at radius 2 is 1.81 bits per heavy atom. The number of ether oxygens (including phenoxy) is 1. The number of urea groups is 1. The summed E-state index contributed by atoms with van der Waals surface area (Å²) in [7, 11) is -3.88. The maximum absolute atomic E-state index is 13.1. The quantitative estimate of drug-likeness (QED) is 0.458. The summed E-state index contributed by atoms with van der Waals surface area (Å²) in [6.45, 7) is -0.0220. The number of carbonyl (C=O) groups is 1. The van der Waals surface area contributed by atoms with E-state index in [0.29, 0.717) is 36.5 Å².